The van der Waals surface area contributed by atoms with Crippen molar-refractivity contribution in [3.63, 3.8) is 0 Å². The van der Waals surface area contributed by atoms with Crippen LogP contribution >= 0.6 is 9.24 Å². The van der Waals surface area contributed by atoms with Crippen LogP contribution in [0, 0.1) is 6.92 Å². The van der Waals surface area contributed by atoms with E-state index in [9.17, 15) is 8.78 Å². The summed E-state index contributed by atoms with van der Waals surface area (Å²) >= 11 is 0. The second kappa shape index (κ2) is 6.81. The van der Waals surface area contributed by atoms with Crippen LogP contribution in [-0.4, -0.2) is 17.9 Å². The van der Waals surface area contributed by atoms with Crippen LogP contribution < -0.4 is 10.2 Å². The molecule has 1 N–H and O–H groups in total. The van der Waals surface area contributed by atoms with E-state index in [2.05, 4.69) is 22.3 Å². The van der Waals surface area contributed by atoms with Gasteiger partial charge in [-0.05, 0) is 71.0 Å². The molecule has 1 aromatic rings. The minimum absolute atomic E-state index is 0.145. The van der Waals surface area contributed by atoms with E-state index in [0.717, 1.165) is 28.1 Å². The first kappa shape index (κ1) is 17.6. The summed E-state index contributed by atoms with van der Waals surface area (Å²) in [5.41, 5.74) is 8.09. The smallest absolute Gasteiger partial charge is 0.408 e. The summed E-state index contributed by atoms with van der Waals surface area (Å²) in [5, 5.41) is 1.98. The lowest BCUT2D eigenvalue weighted by atomic mass is 9.96. The lowest BCUT2D eigenvalue weighted by Gasteiger charge is -2.29. The van der Waals surface area contributed by atoms with Crippen molar-refractivity contribution in [2.45, 2.75) is 26.6 Å². The molecule has 124 valence electrons. The summed E-state index contributed by atoms with van der Waals surface area (Å²) < 4.78 is 30.4. The summed E-state index contributed by atoms with van der Waals surface area (Å²) in [6.45, 7) is 5.86. The molecule has 0 saturated carbocycles. The Balaban J connectivity index is 2.38. The lowest BCUT2D eigenvalue weighted by molar-refractivity contribution is -0.0892. The van der Waals surface area contributed by atoms with Gasteiger partial charge < -0.3 is 4.74 Å². The number of benzene rings is 1. The number of aryl methyl sites for hydroxylation is 1. The number of rotatable bonds is 4. The highest BCUT2D eigenvalue weighted by Crippen LogP contribution is 2.33. The van der Waals surface area contributed by atoms with Gasteiger partial charge in [-0.25, -0.2) is 5.43 Å². The average Bonchev–Trinajstić information content (AvgIpc) is 2.44. The van der Waals surface area contributed by atoms with Gasteiger partial charge in [0.05, 0.1) is 5.70 Å². The third-order valence-corrected chi connectivity index (χ3v) is 3.68. The van der Waals surface area contributed by atoms with Crippen molar-refractivity contribution in [1.29, 1.82) is 0 Å². The molecule has 0 bridgehead atoms. The fraction of sp³-hybridized carbons (Fsp3) is 0.294. The second-order valence-electron chi connectivity index (χ2n) is 5.30. The number of nitrogens with zero attached hydrogens (tertiary/aromatic N) is 1. The summed E-state index contributed by atoms with van der Waals surface area (Å²) in [4.78, 5) is 0. The largest absolute Gasteiger partial charge is 0.430 e. The molecule has 1 unspecified atom stereocenters. The zero-order valence-electron chi connectivity index (χ0n) is 13.7. The van der Waals surface area contributed by atoms with Gasteiger partial charge in [0.1, 0.15) is 5.75 Å². The Kier molecular flexibility index (Phi) is 5.23. The fourth-order valence-corrected chi connectivity index (χ4v) is 2.75. The molecule has 1 aliphatic rings. The van der Waals surface area contributed by atoms with Gasteiger partial charge in [0.25, 0.3) is 0 Å². The molecule has 0 aromatic heterocycles. The number of halogens is 2. The normalized spacial score (nSPS) is 17.2. The van der Waals surface area contributed by atoms with Gasteiger partial charge in [0, 0.05) is 12.7 Å². The Labute approximate surface area is 137 Å². The van der Waals surface area contributed by atoms with Crippen LogP contribution in [0.25, 0.3) is 5.57 Å². The van der Waals surface area contributed by atoms with Crippen molar-refractivity contribution in [3.8, 4) is 5.75 Å². The van der Waals surface area contributed by atoms with E-state index in [0.29, 0.717) is 0 Å². The highest BCUT2D eigenvalue weighted by Gasteiger charge is 2.24. The summed E-state index contributed by atoms with van der Waals surface area (Å²) in [6.07, 6.45) is 6.11. The summed E-state index contributed by atoms with van der Waals surface area (Å²) in [6, 6.07) is 4.99. The molecule has 1 aliphatic heterocycles. The maximum absolute atomic E-state index is 12.9. The number of hydrazine groups is 1. The molecule has 1 atom stereocenters. The molecule has 23 heavy (non-hydrogen) atoms. The minimum Gasteiger partial charge on any atom is -0.430 e. The second-order valence-corrected chi connectivity index (χ2v) is 5.97. The van der Waals surface area contributed by atoms with E-state index in [1.807, 2.05) is 38.9 Å². The van der Waals surface area contributed by atoms with Crippen LogP contribution in [0.2, 0.25) is 0 Å². The Morgan fingerprint density at radius 2 is 1.96 bits per heavy atom. The molecule has 0 spiro atoms. The quantitative estimate of drug-likeness (QED) is 0.822. The van der Waals surface area contributed by atoms with Crippen LogP contribution in [0.15, 0.2) is 47.8 Å². The summed E-state index contributed by atoms with van der Waals surface area (Å²) in [7, 11) is 3.24. The van der Waals surface area contributed by atoms with Gasteiger partial charge in [-0.1, -0.05) is 12.1 Å². The van der Waals surface area contributed by atoms with E-state index >= 15 is 0 Å². The standard InChI is InChI=1S/C17H21F2N2OP/c1-5-14-10-13(9-12(3)21(14)20-4)16-7-6-15(8-11(16)2)22-17(18,19)23/h5-10,20H,23H2,1-4H3/b14-5-. The molecule has 1 heterocycles. The molecular formula is C17H21F2N2OP. The SMILES string of the molecule is C/C=C1/C=C(c2ccc(OC(F)(F)P)cc2C)C=C(C)N1NC. The Hall–Kier alpha value is -1.71. The molecule has 6 heteroatoms. The van der Waals surface area contributed by atoms with E-state index in [4.69, 9.17) is 0 Å². The van der Waals surface area contributed by atoms with Crippen LogP contribution in [0.1, 0.15) is 25.0 Å². The van der Waals surface area contributed by atoms with Gasteiger partial charge in [0.15, 0.2) is 0 Å². The number of nitrogens with one attached hydrogen (secondary N) is 1. The van der Waals surface area contributed by atoms with E-state index in [1.165, 1.54) is 9.24 Å². The van der Waals surface area contributed by atoms with E-state index in [1.54, 1.807) is 18.2 Å². The maximum Gasteiger partial charge on any atom is 0.408 e. The third-order valence-electron chi connectivity index (χ3n) is 3.56. The average molecular weight is 338 g/mol. The highest BCUT2D eigenvalue weighted by atomic mass is 31.0. The molecule has 0 aliphatic carbocycles. The fourth-order valence-electron chi connectivity index (χ4n) is 2.61. The van der Waals surface area contributed by atoms with Crippen LogP contribution in [0.4, 0.5) is 8.78 Å². The topological polar surface area (TPSA) is 24.5 Å². The minimum atomic E-state index is -3.26. The Bertz CT molecular complexity index is 690. The number of alkyl halides is 2. The van der Waals surface area contributed by atoms with Crippen molar-refractivity contribution in [3.05, 3.63) is 58.9 Å². The first-order chi connectivity index (χ1) is 10.7. The zero-order valence-corrected chi connectivity index (χ0v) is 14.8. The van der Waals surface area contributed by atoms with Gasteiger partial charge in [-0.2, -0.15) is 8.78 Å². The van der Waals surface area contributed by atoms with Crippen molar-refractivity contribution >= 4 is 14.8 Å². The van der Waals surface area contributed by atoms with Crippen molar-refractivity contribution in [2.24, 2.45) is 0 Å². The van der Waals surface area contributed by atoms with Crippen molar-refractivity contribution in [1.82, 2.24) is 10.4 Å². The monoisotopic (exact) mass is 338 g/mol. The zero-order chi connectivity index (χ0) is 17.2. The molecule has 1 aromatic carbocycles. The molecule has 0 saturated heterocycles. The third kappa shape index (κ3) is 4.18. The van der Waals surface area contributed by atoms with Crippen LogP contribution in [0.5, 0.6) is 5.75 Å². The maximum atomic E-state index is 12.9. The van der Waals surface area contributed by atoms with Gasteiger partial charge in [0.2, 0.25) is 0 Å². The van der Waals surface area contributed by atoms with Crippen molar-refractivity contribution in [2.75, 3.05) is 7.05 Å². The summed E-state index contributed by atoms with van der Waals surface area (Å²) in [5.74, 6) is -3.12. The number of ether oxygens (including phenoxy) is 1. The molecule has 3 nitrogen and oxygen atoms in total. The number of hydrogen-bond donors (Lipinski definition) is 1. The first-order valence-corrected chi connectivity index (χ1v) is 7.83. The molecule has 0 radical (unpaired) electrons. The molecule has 2 rings (SSSR count). The van der Waals surface area contributed by atoms with Gasteiger partial charge in [-0.3, -0.25) is 5.01 Å². The lowest BCUT2D eigenvalue weighted by Crippen LogP contribution is -2.33. The van der Waals surface area contributed by atoms with Crippen molar-refractivity contribution < 1.29 is 13.5 Å². The van der Waals surface area contributed by atoms with E-state index < -0.39 is 5.85 Å². The predicted octanol–water partition coefficient (Wildman–Crippen LogP) is 4.44. The molecular weight excluding hydrogens is 317 g/mol. The first-order valence-electron chi connectivity index (χ1n) is 7.25. The number of hydrogen-bond acceptors (Lipinski definition) is 3. The highest BCUT2D eigenvalue weighted by molar-refractivity contribution is 7.17. The Morgan fingerprint density at radius 1 is 1.26 bits per heavy atom. The van der Waals surface area contributed by atoms with Crippen LogP contribution in [0.3, 0.4) is 0 Å². The van der Waals surface area contributed by atoms with Gasteiger partial charge in [-0.15, -0.1) is 0 Å². The molecule has 0 fully saturated rings. The van der Waals surface area contributed by atoms with E-state index in [-0.39, 0.29) is 5.75 Å². The predicted molar refractivity (Wildman–Crippen MR) is 92.9 cm³/mol. The number of allylic oxidation sites excluding steroid dienone is 5. The Morgan fingerprint density at radius 3 is 2.48 bits per heavy atom. The van der Waals surface area contributed by atoms with Gasteiger partial charge >= 0.3 is 5.85 Å². The van der Waals surface area contributed by atoms with Crippen LogP contribution in [-0.2, 0) is 0 Å². The molecule has 0 amide bonds.